The van der Waals surface area contributed by atoms with Crippen LogP contribution >= 0.6 is 0 Å². The van der Waals surface area contributed by atoms with E-state index in [2.05, 4.69) is 20.8 Å². The fraction of sp³-hybridized carbons (Fsp3) is 1.00. The number of rotatable bonds is 12. The van der Waals surface area contributed by atoms with Gasteiger partial charge in [-0.05, 0) is 0 Å². The van der Waals surface area contributed by atoms with E-state index < -0.39 is 24.2 Å². The van der Waals surface area contributed by atoms with Crippen LogP contribution in [0.1, 0.15) is 78.6 Å². The number of nitrogens with two attached hydrogens (primary N) is 1. The quantitative estimate of drug-likeness (QED) is 0.403. The molecule has 154 valence electrons. The molecule has 2 rings (SSSR count). The Labute approximate surface area is 165 Å². The fourth-order valence-corrected chi connectivity index (χ4v) is 19.1. The van der Waals surface area contributed by atoms with Crippen LogP contribution in [-0.2, 0) is 14.2 Å². The van der Waals surface area contributed by atoms with Gasteiger partial charge in [-0.25, -0.2) is 0 Å². The van der Waals surface area contributed by atoms with Gasteiger partial charge in [0.15, 0.2) is 0 Å². The van der Waals surface area contributed by atoms with Crippen molar-refractivity contribution in [3.05, 3.63) is 0 Å². The normalized spacial score (nSPS) is 25.8. The van der Waals surface area contributed by atoms with Gasteiger partial charge < -0.3 is 0 Å². The molecule has 0 bridgehead atoms. The van der Waals surface area contributed by atoms with E-state index in [4.69, 9.17) is 19.9 Å². The molecule has 2 N–H and O–H groups in total. The van der Waals surface area contributed by atoms with E-state index >= 15 is 0 Å². The molecule has 0 aromatic carbocycles. The van der Waals surface area contributed by atoms with E-state index in [-0.39, 0.29) is 12.1 Å². The summed E-state index contributed by atoms with van der Waals surface area (Å²) in [6.07, 6.45) is 11.1. The second-order valence-corrected chi connectivity index (χ2v) is 22.3. The van der Waals surface area contributed by atoms with Crippen LogP contribution in [0, 0.1) is 0 Å². The number of ether oxygens (including phenoxy) is 3. The zero-order chi connectivity index (χ0) is 18.9. The van der Waals surface area contributed by atoms with Gasteiger partial charge >= 0.3 is 166 Å². The summed E-state index contributed by atoms with van der Waals surface area (Å²) >= 11 is -2.22. The zero-order valence-corrected chi connectivity index (χ0v) is 20.4. The van der Waals surface area contributed by atoms with Gasteiger partial charge in [-0.3, -0.25) is 0 Å². The summed E-state index contributed by atoms with van der Waals surface area (Å²) < 4.78 is 23.9. The molecule has 1 spiro atoms. The molecule has 26 heavy (non-hydrogen) atoms. The molecule has 1 aliphatic carbocycles. The molecule has 0 unspecified atom stereocenters. The average molecular weight is 476 g/mol. The first-order chi connectivity index (χ1) is 12.6. The van der Waals surface area contributed by atoms with Gasteiger partial charge in [-0.1, -0.05) is 0 Å². The third kappa shape index (κ3) is 6.61. The van der Waals surface area contributed by atoms with Crippen molar-refractivity contribution < 1.29 is 14.2 Å². The molecule has 0 amide bonds. The number of hydrogen-bond donors (Lipinski definition) is 1. The number of hydrogen-bond acceptors (Lipinski definition) is 4. The Kier molecular flexibility index (Phi) is 10.2. The van der Waals surface area contributed by atoms with Crippen molar-refractivity contribution in [2.75, 3.05) is 17.8 Å². The molecule has 1 saturated heterocycles. The molecule has 1 saturated carbocycles. The second-order valence-electron chi connectivity index (χ2n) is 8.67. The molecule has 2 aliphatic rings. The first kappa shape index (κ1) is 22.9. The van der Waals surface area contributed by atoms with E-state index in [1.165, 1.54) is 51.8 Å². The van der Waals surface area contributed by atoms with E-state index in [0.29, 0.717) is 13.2 Å². The molecular weight excluding hydrogens is 433 g/mol. The summed E-state index contributed by atoms with van der Waals surface area (Å²) in [5, 5.41) is 0. The standard InChI is InChI=1S/C9H16NO3.3C4H9.Sn/c1-11-8-2-3-9(6-7(8)10)12-4-5-13-9;3*1-3-4-2;/h7-8H,1-6,10H2;3*1,3-4H2,2H3;/t7-,8-;;;;/m1..../s1. The summed E-state index contributed by atoms with van der Waals surface area (Å²) in [5.74, 6) is -0.397. The topological polar surface area (TPSA) is 53.7 Å². The van der Waals surface area contributed by atoms with Gasteiger partial charge in [0.05, 0.1) is 0 Å². The van der Waals surface area contributed by atoms with Crippen LogP contribution in [0.5, 0.6) is 0 Å². The molecule has 1 aliphatic heterocycles. The van der Waals surface area contributed by atoms with Crippen LogP contribution in [0.15, 0.2) is 0 Å². The molecule has 4 nitrogen and oxygen atoms in total. The van der Waals surface area contributed by atoms with Crippen LogP contribution in [0.25, 0.3) is 0 Å². The summed E-state index contributed by atoms with van der Waals surface area (Å²) in [5.41, 5.74) is 6.50. The monoisotopic (exact) mass is 477 g/mol. The van der Waals surface area contributed by atoms with Crippen LogP contribution in [0.4, 0.5) is 0 Å². The molecule has 2 atom stereocenters. The molecular formula is C21H43NO3Sn. The Morgan fingerprint density at radius 1 is 0.962 bits per heavy atom. The predicted molar refractivity (Wildman–Crippen MR) is 111 cm³/mol. The van der Waals surface area contributed by atoms with Crippen molar-refractivity contribution in [1.29, 1.82) is 0 Å². The Morgan fingerprint density at radius 2 is 1.50 bits per heavy atom. The van der Waals surface area contributed by atoms with Crippen molar-refractivity contribution in [2.24, 2.45) is 5.73 Å². The van der Waals surface area contributed by atoms with Gasteiger partial charge in [0.25, 0.3) is 0 Å². The minimum absolute atomic E-state index is 0.0503. The SMILES string of the molecule is CCC[CH2][Sn]([CH2]CCC)([CH2]CCC)[CH2]O[C@@H]1CCC2(C[C@H]1N)OCCO2. The molecule has 1 heterocycles. The van der Waals surface area contributed by atoms with E-state index in [0.717, 1.165) is 23.9 Å². The molecule has 0 aromatic heterocycles. The Hall–Kier alpha value is 0.639. The van der Waals surface area contributed by atoms with Crippen LogP contribution < -0.4 is 5.73 Å². The summed E-state index contributed by atoms with van der Waals surface area (Å²) in [6.45, 7) is 8.41. The minimum atomic E-state index is -2.22. The summed E-state index contributed by atoms with van der Waals surface area (Å²) in [6, 6.07) is 0.0503. The van der Waals surface area contributed by atoms with Crippen molar-refractivity contribution in [1.82, 2.24) is 0 Å². The Bertz CT molecular complexity index is 366. The average Bonchev–Trinajstić information content (AvgIpc) is 3.09. The summed E-state index contributed by atoms with van der Waals surface area (Å²) in [4.78, 5) is 0. The maximum atomic E-state index is 6.61. The van der Waals surface area contributed by atoms with Crippen molar-refractivity contribution >= 4 is 18.4 Å². The van der Waals surface area contributed by atoms with Crippen LogP contribution in [0.3, 0.4) is 0 Å². The van der Waals surface area contributed by atoms with Gasteiger partial charge in [0, 0.05) is 0 Å². The van der Waals surface area contributed by atoms with Crippen molar-refractivity contribution in [2.45, 2.75) is 110 Å². The predicted octanol–water partition coefficient (Wildman–Crippen LogP) is 5.01. The van der Waals surface area contributed by atoms with Gasteiger partial charge in [0.2, 0.25) is 0 Å². The number of unbranched alkanes of at least 4 members (excludes halogenated alkanes) is 3. The first-order valence-electron chi connectivity index (χ1n) is 11.2. The Morgan fingerprint density at radius 3 is 1.96 bits per heavy atom. The zero-order valence-electron chi connectivity index (χ0n) is 17.6. The maximum absolute atomic E-state index is 6.61. The third-order valence-corrected chi connectivity index (χ3v) is 20.8. The van der Waals surface area contributed by atoms with Crippen LogP contribution in [-0.4, -0.2) is 54.1 Å². The van der Waals surface area contributed by atoms with Gasteiger partial charge in [0.1, 0.15) is 0 Å². The van der Waals surface area contributed by atoms with Crippen LogP contribution in [0.2, 0.25) is 13.3 Å². The van der Waals surface area contributed by atoms with E-state index in [1.54, 1.807) is 0 Å². The fourth-order valence-electron chi connectivity index (χ4n) is 4.67. The van der Waals surface area contributed by atoms with Crippen molar-refractivity contribution in [3.8, 4) is 0 Å². The van der Waals surface area contributed by atoms with Gasteiger partial charge in [-0.2, -0.15) is 0 Å². The molecule has 2 fully saturated rings. The summed E-state index contributed by atoms with van der Waals surface area (Å²) in [7, 11) is 0. The van der Waals surface area contributed by atoms with E-state index in [1.807, 2.05) is 0 Å². The molecule has 0 aromatic rings. The second kappa shape index (κ2) is 11.6. The van der Waals surface area contributed by atoms with Gasteiger partial charge in [-0.15, -0.1) is 0 Å². The van der Waals surface area contributed by atoms with E-state index in [9.17, 15) is 0 Å². The third-order valence-electron chi connectivity index (χ3n) is 6.43. The molecule has 0 radical (unpaired) electrons. The van der Waals surface area contributed by atoms with Crippen molar-refractivity contribution in [3.63, 3.8) is 0 Å². The Balaban J connectivity index is 1.93. The first-order valence-corrected chi connectivity index (χ1v) is 19.3. The molecule has 5 heteroatoms.